The number of piperidine rings is 1. The van der Waals surface area contributed by atoms with E-state index in [1.165, 1.54) is 5.56 Å². The molecule has 0 radical (unpaired) electrons. The number of hydrogen-bond donors (Lipinski definition) is 2. The highest BCUT2D eigenvalue weighted by molar-refractivity contribution is 6.31. The highest BCUT2D eigenvalue weighted by Gasteiger charge is 2.64. The van der Waals surface area contributed by atoms with E-state index in [4.69, 9.17) is 16.6 Å². The van der Waals surface area contributed by atoms with E-state index in [9.17, 15) is 10.2 Å². The van der Waals surface area contributed by atoms with Gasteiger partial charge in [0.1, 0.15) is 5.75 Å². The van der Waals surface area contributed by atoms with Crippen LogP contribution in [0.3, 0.4) is 0 Å². The van der Waals surface area contributed by atoms with Crippen molar-refractivity contribution in [1.29, 1.82) is 0 Å². The predicted octanol–water partition coefficient (Wildman–Crippen LogP) is 4.04. The largest absolute Gasteiger partial charge is 0.508 e. The van der Waals surface area contributed by atoms with Crippen LogP contribution in [0.5, 0.6) is 5.75 Å². The summed E-state index contributed by atoms with van der Waals surface area (Å²) in [7, 11) is 2.12. The minimum Gasteiger partial charge on any atom is -0.508 e. The van der Waals surface area contributed by atoms with Crippen LogP contribution in [0.1, 0.15) is 28.8 Å². The van der Waals surface area contributed by atoms with Gasteiger partial charge in [-0.3, -0.25) is 4.98 Å². The molecule has 6 rings (SSSR count). The van der Waals surface area contributed by atoms with Crippen molar-refractivity contribution < 1.29 is 10.2 Å². The van der Waals surface area contributed by atoms with Gasteiger partial charge >= 0.3 is 0 Å². The van der Waals surface area contributed by atoms with E-state index in [-0.39, 0.29) is 24.2 Å². The Kier molecular flexibility index (Phi) is 4.40. The van der Waals surface area contributed by atoms with Crippen LogP contribution in [0.4, 0.5) is 0 Å². The molecule has 3 atom stereocenters. The Morgan fingerprint density at radius 3 is 2.77 bits per heavy atom. The first kappa shape index (κ1) is 20.1. The molecule has 0 amide bonds. The quantitative estimate of drug-likeness (QED) is 0.551. The molecule has 1 fully saturated rings. The Labute approximate surface area is 186 Å². The van der Waals surface area contributed by atoms with Gasteiger partial charge in [0.25, 0.3) is 0 Å². The average Bonchev–Trinajstić information content (AvgIpc) is 2.68. The maximum Gasteiger partial charge on any atom is 0.115 e. The summed E-state index contributed by atoms with van der Waals surface area (Å²) in [5.41, 5.74) is 4.14. The molecule has 1 aromatic heterocycles. The molecular formula is C24H24Cl2N2O2. The maximum absolute atomic E-state index is 12.3. The Bertz CT molecular complexity index is 1180. The molecule has 2 N–H and O–H groups in total. The summed E-state index contributed by atoms with van der Waals surface area (Å²) in [6.07, 6.45) is 2.92. The van der Waals surface area contributed by atoms with E-state index in [2.05, 4.69) is 18.0 Å². The van der Waals surface area contributed by atoms with E-state index in [0.29, 0.717) is 17.9 Å². The number of hydrogen-bond acceptors (Lipinski definition) is 4. The van der Waals surface area contributed by atoms with Gasteiger partial charge in [-0.1, -0.05) is 17.7 Å². The lowest BCUT2D eigenvalue weighted by Gasteiger charge is -2.63. The Balaban J connectivity index is 0.00000193. The molecule has 1 saturated heterocycles. The number of benzene rings is 2. The number of nitrogens with zero attached hydrogens (tertiary/aromatic N) is 2. The first-order chi connectivity index (χ1) is 13.9. The third-order valence-corrected chi connectivity index (χ3v) is 7.94. The number of phenols is 1. The zero-order chi connectivity index (χ0) is 20.0. The fourth-order valence-corrected chi connectivity index (χ4v) is 6.43. The summed E-state index contributed by atoms with van der Waals surface area (Å²) in [4.78, 5) is 7.30. The summed E-state index contributed by atoms with van der Waals surface area (Å²) in [5.74, 6) is 0.268. The van der Waals surface area contributed by atoms with Crippen LogP contribution in [-0.4, -0.2) is 45.3 Å². The molecule has 0 spiro atoms. The molecule has 0 unspecified atom stereocenters. The molecule has 2 aliphatic carbocycles. The Morgan fingerprint density at radius 1 is 1.10 bits per heavy atom. The summed E-state index contributed by atoms with van der Waals surface area (Å²) >= 11 is 6.20. The summed E-state index contributed by atoms with van der Waals surface area (Å²) in [5, 5.41) is 24.2. The number of rotatable bonds is 0. The van der Waals surface area contributed by atoms with Crippen molar-refractivity contribution in [3.63, 3.8) is 0 Å². The Hall–Kier alpha value is -1.85. The van der Waals surface area contributed by atoms with E-state index >= 15 is 0 Å². The number of phenolic OH excluding ortho intramolecular Hbond substituents is 1. The van der Waals surface area contributed by atoms with Crippen molar-refractivity contribution in [3.05, 3.63) is 69.9 Å². The van der Waals surface area contributed by atoms with Crippen molar-refractivity contribution in [2.24, 2.45) is 0 Å². The van der Waals surface area contributed by atoms with E-state index < -0.39 is 11.0 Å². The highest BCUT2D eigenvalue weighted by atomic mass is 35.5. The van der Waals surface area contributed by atoms with Crippen LogP contribution >= 0.6 is 24.0 Å². The third kappa shape index (κ3) is 2.51. The molecule has 1 aliphatic heterocycles. The second kappa shape index (κ2) is 6.57. The topological polar surface area (TPSA) is 56.6 Å². The lowest BCUT2D eigenvalue weighted by molar-refractivity contribution is -0.145. The first-order valence-electron chi connectivity index (χ1n) is 10.2. The molecule has 6 heteroatoms. The highest BCUT2D eigenvalue weighted by Crippen LogP contribution is 2.57. The zero-order valence-corrected chi connectivity index (χ0v) is 18.3. The van der Waals surface area contributed by atoms with Gasteiger partial charge in [0.05, 0.1) is 11.1 Å². The molecule has 4 nitrogen and oxygen atoms in total. The van der Waals surface area contributed by atoms with Crippen molar-refractivity contribution in [2.45, 2.75) is 42.7 Å². The van der Waals surface area contributed by atoms with Crippen molar-refractivity contribution in [1.82, 2.24) is 9.88 Å². The fourth-order valence-electron chi connectivity index (χ4n) is 6.25. The third-order valence-electron chi connectivity index (χ3n) is 7.70. The average molecular weight is 443 g/mol. The van der Waals surface area contributed by atoms with Gasteiger partial charge in [0.15, 0.2) is 0 Å². The molecule has 2 bridgehead atoms. The maximum atomic E-state index is 12.3. The lowest BCUT2D eigenvalue weighted by Crippen LogP contribution is -2.73. The number of aromatic hydroxyl groups is 1. The summed E-state index contributed by atoms with van der Waals surface area (Å²) in [6, 6.07) is 13.7. The van der Waals surface area contributed by atoms with Crippen LogP contribution in [0, 0.1) is 0 Å². The van der Waals surface area contributed by atoms with Gasteiger partial charge in [0.2, 0.25) is 0 Å². The van der Waals surface area contributed by atoms with Crippen LogP contribution in [0.25, 0.3) is 10.9 Å². The number of fused-ring (bicyclic) bond motifs is 3. The molecular weight excluding hydrogens is 419 g/mol. The smallest absolute Gasteiger partial charge is 0.115 e. The van der Waals surface area contributed by atoms with Crippen LogP contribution < -0.4 is 0 Å². The Morgan fingerprint density at radius 2 is 1.93 bits per heavy atom. The molecule has 156 valence electrons. The number of likely N-dealkylation sites (N-methyl/N-ethyl adjacent to an activating group) is 1. The minimum absolute atomic E-state index is 0. The monoisotopic (exact) mass is 442 g/mol. The molecule has 0 saturated carbocycles. The van der Waals surface area contributed by atoms with Crippen molar-refractivity contribution in [3.8, 4) is 5.75 Å². The van der Waals surface area contributed by atoms with Gasteiger partial charge in [-0.05, 0) is 79.5 Å². The number of halogens is 2. The summed E-state index contributed by atoms with van der Waals surface area (Å²) in [6.45, 7) is 0.931. The SMILES string of the molecule is CN1CC[C@]23Cc4nc5ccc(Cl)cc5cc4C[C@@]2(O)[C@H]1Cc1ccc(O)cc13.Cl. The number of aliphatic hydroxyl groups is 1. The van der Waals surface area contributed by atoms with E-state index in [1.54, 1.807) is 6.07 Å². The second-order valence-corrected chi connectivity index (χ2v) is 9.52. The van der Waals surface area contributed by atoms with Crippen LogP contribution in [-0.2, 0) is 24.7 Å². The number of aromatic nitrogens is 1. The van der Waals surface area contributed by atoms with Gasteiger partial charge in [-0.2, -0.15) is 0 Å². The number of pyridine rings is 1. The van der Waals surface area contributed by atoms with Crippen molar-refractivity contribution >= 4 is 34.9 Å². The van der Waals surface area contributed by atoms with Crippen molar-refractivity contribution in [2.75, 3.05) is 13.6 Å². The van der Waals surface area contributed by atoms with Gasteiger partial charge in [0, 0.05) is 40.4 Å². The van der Waals surface area contributed by atoms with Gasteiger partial charge < -0.3 is 15.1 Å². The number of likely N-dealkylation sites (tertiary alicyclic amines) is 1. The lowest BCUT2D eigenvalue weighted by atomic mass is 9.49. The summed E-state index contributed by atoms with van der Waals surface area (Å²) < 4.78 is 0. The fraction of sp³-hybridized carbons (Fsp3) is 0.375. The minimum atomic E-state index is -0.887. The first-order valence-corrected chi connectivity index (χ1v) is 10.6. The van der Waals surface area contributed by atoms with E-state index in [0.717, 1.165) is 47.1 Å². The van der Waals surface area contributed by atoms with Crippen LogP contribution in [0.15, 0.2) is 42.5 Å². The molecule has 2 aromatic carbocycles. The predicted molar refractivity (Wildman–Crippen MR) is 121 cm³/mol. The zero-order valence-electron chi connectivity index (χ0n) is 16.7. The normalized spacial score (nSPS) is 29.5. The van der Waals surface area contributed by atoms with Gasteiger partial charge in [-0.15, -0.1) is 12.4 Å². The standard InChI is InChI=1S/C24H23ClN2O2.ClH/c1-27-7-6-23-13-21-16(8-15-9-17(25)3-5-20(15)26-21)12-24(23,29)22(27)10-14-2-4-18(28)11-19(14)23;/h2-5,8-9,11,22,28-29H,6-7,10,12-13H2,1H3;1H/t22-,23-,24-;/m1./s1. The van der Waals surface area contributed by atoms with Gasteiger partial charge in [-0.25, -0.2) is 0 Å². The molecule has 30 heavy (non-hydrogen) atoms. The van der Waals surface area contributed by atoms with E-state index in [1.807, 2.05) is 30.3 Å². The molecule has 3 aromatic rings. The molecule has 2 heterocycles. The molecule has 3 aliphatic rings. The second-order valence-electron chi connectivity index (χ2n) is 9.08. The van der Waals surface area contributed by atoms with Crippen LogP contribution in [0.2, 0.25) is 5.02 Å².